The average Bonchev–Trinajstić information content (AvgIpc) is 2.42. The molecule has 2 rings (SSSR count). The fourth-order valence-corrected chi connectivity index (χ4v) is 3.32. The molecule has 1 aromatic rings. The number of halogens is 1. The van der Waals surface area contributed by atoms with Crippen LogP contribution in [0.15, 0.2) is 18.5 Å². The first-order valence-electron chi connectivity index (χ1n) is 7.31. The summed E-state index contributed by atoms with van der Waals surface area (Å²) in [6.07, 6.45) is 10.4. The molecular weight excluding hydrogens is 241 g/mol. The number of hydrogen-bond acceptors (Lipinski definition) is 3. The van der Waals surface area contributed by atoms with Gasteiger partial charge in [-0.25, -0.2) is 4.39 Å². The van der Waals surface area contributed by atoms with Gasteiger partial charge in [-0.15, -0.1) is 0 Å². The highest BCUT2D eigenvalue weighted by Gasteiger charge is 2.28. The van der Waals surface area contributed by atoms with E-state index in [4.69, 9.17) is 5.84 Å². The minimum Gasteiger partial charge on any atom is -0.271 e. The Balaban J connectivity index is 1.99. The van der Waals surface area contributed by atoms with Gasteiger partial charge >= 0.3 is 0 Å². The molecule has 0 amide bonds. The molecule has 0 aliphatic heterocycles. The van der Waals surface area contributed by atoms with Crippen molar-refractivity contribution in [1.29, 1.82) is 0 Å². The van der Waals surface area contributed by atoms with Crippen LogP contribution >= 0.6 is 0 Å². The van der Waals surface area contributed by atoms with Gasteiger partial charge in [0.2, 0.25) is 0 Å². The highest BCUT2D eigenvalue weighted by atomic mass is 19.1. The molecule has 19 heavy (non-hydrogen) atoms. The van der Waals surface area contributed by atoms with E-state index in [1.54, 1.807) is 6.20 Å². The Labute approximate surface area is 114 Å². The molecule has 1 saturated carbocycles. The van der Waals surface area contributed by atoms with Crippen molar-refractivity contribution in [3.8, 4) is 0 Å². The second-order valence-corrected chi connectivity index (χ2v) is 5.65. The number of nitrogens with zero attached hydrogens (tertiary/aromatic N) is 1. The molecule has 0 radical (unpaired) electrons. The zero-order valence-electron chi connectivity index (χ0n) is 11.6. The minimum atomic E-state index is -0.294. The maximum atomic E-state index is 13.3. The summed E-state index contributed by atoms with van der Waals surface area (Å²) in [5.74, 6) is 6.74. The number of aromatic nitrogens is 1. The van der Waals surface area contributed by atoms with Crippen molar-refractivity contribution in [2.75, 3.05) is 0 Å². The molecule has 3 N–H and O–H groups in total. The van der Waals surface area contributed by atoms with E-state index in [1.807, 2.05) is 0 Å². The molecule has 1 aliphatic rings. The van der Waals surface area contributed by atoms with Crippen molar-refractivity contribution >= 4 is 0 Å². The third-order valence-electron chi connectivity index (χ3n) is 4.32. The second kappa shape index (κ2) is 6.96. The molecule has 4 heteroatoms. The van der Waals surface area contributed by atoms with Crippen LogP contribution in [0.5, 0.6) is 0 Å². The Morgan fingerprint density at radius 2 is 2.11 bits per heavy atom. The predicted octanol–water partition coefficient (Wildman–Crippen LogP) is 3.33. The lowest BCUT2D eigenvalue weighted by Gasteiger charge is -2.33. The molecular formula is C15H24FN3. The number of pyridine rings is 1. The summed E-state index contributed by atoms with van der Waals surface area (Å²) >= 11 is 0. The SMILES string of the molecule is CCCC1CCC(C(NN)c2cncc(F)c2)CC1. The standard InChI is InChI=1S/C15H24FN3/c1-2-3-11-4-6-12(7-5-11)15(19-17)13-8-14(16)10-18-9-13/h8-12,15,19H,2-7,17H2,1H3. The summed E-state index contributed by atoms with van der Waals surface area (Å²) in [6, 6.07) is 1.56. The fourth-order valence-electron chi connectivity index (χ4n) is 3.32. The Morgan fingerprint density at radius 1 is 1.37 bits per heavy atom. The van der Waals surface area contributed by atoms with Crippen LogP contribution in [0.25, 0.3) is 0 Å². The summed E-state index contributed by atoms with van der Waals surface area (Å²) in [7, 11) is 0. The van der Waals surface area contributed by atoms with Crippen LogP contribution in [0.3, 0.4) is 0 Å². The van der Waals surface area contributed by atoms with E-state index in [2.05, 4.69) is 17.3 Å². The van der Waals surface area contributed by atoms with Gasteiger partial charge in [-0.05, 0) is 36.3 Å². The second-order valence-electron chi connectivity index (χ2n) is 5.65. The molecule has 0 bridgehead atoms. The molecule has 1 unspecified atom stereocenters. The third-order valence-corrected chi connectivity index (χ3v) is 4.32. The fraction of sp³-hybridized carbons (Fsp3) is 0.667. The monoisotopic (exact) mass is 265 g/mol. The Kier molecular flexibility index (Phi) is 5.28. The summed E-state index contributed by atoms with van der Waals surface area (Å²) < 4.78 is 13.3. The summed E-state index contributed by atoms with van der Waals surface area (Å²) in [5.41, 5.74) is 3.72. The molecule has 1 heterocycles. The van der Waals surface area contributed by atoms with Crippen molar-refractivity contribution in [3.63, 3.8) is 0 Å². The lowest BCUT2D eigenvalue weighted by molar-refractivity contribution is 0.214. The molecule has 1 fully saturated rings. The van der Waals surface area contributed by atoms with Crippen LogP contribution in [-0.4, -0.2) is 4.98 Å². The third kappa shape index (κ3) is 3.74. The van der Waals surface area contributed by atoms with Crippen molar-refractivity contribution < 1.29 is 4.39 Å². The van der Waals surface area contributed by atoms with E-state index in [1.165, 1.54) is 37.9 Å². The molecule has 0 aromatic carbocycles. The highest BCUT2D eigenvalue weighted by molar-refractivity contribution is 5.16. The zero-order chi connectivity index (χ0) is 13.7. The lowest BCUT2D eigenvalue weighted by atomic mass is 9.76. The van der Waals surface area contributed by atoms with Crippen LogP contribution in [0, 0.1) is 17.7 Å². The van der Waals surface area contributed by atoms with Crippen LogP contribution in [-0.2, 0) is 0 Å². The van der Waals surface area contributed by atoms with Gasteiger partial charge in [0, 0.05) is 6.20 Å². The minimum absolute atomic E-state index is 0.0192. The largest absolute Gasteiger partial charge is 0.271 e. The zero-order valence-corrected chi connectivity index (χ0v) is 11.6. The van der Waals surface area contributed by atoms with Gasteiger partial charge in [0.25, 0.3) is 0 Å². The quantitative estimate of drug-likeness (QED) is 0.634. The average molecular weight is 265 g/mol. The molecule has 1 aromatic heterocycles. The van der Waals surface area contributed by atoms with Gasteiger partial charge in [0.15, 0.2) is 0 Å². The topological polar surface area (TPSA) is 50.9 Å². The molecule has 0 spiro atoms. The van der Waals surface area contributed by atoms with Gasteiger partial charge in [-0.2, -0.15) is 0 Å². The smallest absolute Gasteiger partial charge is 0.141 e. The molecule has 1 atom stereocenters. The number of nitrogens with two attached hydrogens (primary N) is 1. The van der Waals surface area contributed by atoms with Crippen molar-refractivity contribution in [2.45, 2.75) is 51.5 Å². The van der Waals surface area contributed by atoms with Gasteiger partial charge in [0.05, 0.1) is 12.2 Å². The van der Waals surface area contributed by atoms with E-state index in [9.17, 15) is 4.39 Å². The molecule has 0 saturated heterocycles. The van der Waals surface area contributed by atoms with Gasteiger partial charge < -0.3 is 0 Å². The van der Waals surface area contributed by atoms with Crippen LogP contribution < -0.4 is 11.3 Å². The van der Waals surface area contributed by atoms with Crippen molar-refractivity contribution in [2.24, 2.45) is 17.7 Å². The van der Waals surface area contributed by atoms with E-state index >= 15 is 0 Å². The molecule has 3 nitrogen and oxygen atoms in total. The predicted molar refractivity (Wildman–Crippen MR) is 74.6 cm³/mol. The van der Waals surface area contributed by atoms with Gasteiger partial charge in [-0.3, -0.25) is 16.3 Å². The number of hydrogen-bond donors (Lipinski definition) is 2. The summed E-state index contributed by atoms with van der Waals surface area (Å²) in [5, 5.41) is 0. The first-order chi connectivity index (χ1) is 9.24. The number of hydrazine groups is 1. The van der Waals surface area contributed by atoms with Crippen molar-refractivity contribution in [3.05, 3.63) is 29.8 Å². The van der Waals surface area contributed by atoms with Gasteiger partial charge in [-0.1, -0.05) is 32.6 Å². The van der Waals surface area contributed by atoms with E-state index in [-0.39, 0.29) is 11.9 Å². The van der Waals surface area contributed by atoms with Crippen molar-refractivity contribution in [1.82, 2.24) is 10.4 Å². The van der Waals surface area contributed by atoms with Gasteiger partial charge in [0.1, 0.15) is 5.82 Å². The Bertz CT molecular complexity index is 389. The first kappa shape index (κ1) is 14.4. The van der Waals surface area contributed by atoms with Crippen LogP contribution in [0.1, 0.15) is 57.1 Å². The van der Waals surface area contributed by atoms with Crippen LogP contribution in [0.4, 0.5) is 4.39 Å². The normalized spacial score (nSPS) is 25.2. The first-order valence-corrected chi connectivity index (χ1v) is 7.31. The number of nitrogens with one attached hydrogen (secondary N) is 1. The molecule has 106 valence electrons. The maximum absolute atomic E-state index is 13.3. The summed E-state index contributed by atoms with van der Waals surface area (Å²) in [6.45, 7) is 2.24. The highest BCUT2D eigenvalue weighted by Crippen LogP contribution is 2.37. The van der Waals surface area contributed by atoms with E-state index in [0.29, 0.717) is 5.92 Å². The maximum Gasteiger partial charge on any atom is 0.141 e. The van der Waals surface area contributed by atoms with E-state index < -0.39 is 0 Å². The van der Waals surface area contributed by atoms with E-state index in [0.717, 1.165) is 24.3 Å². The Morgan fingerprint density at radius 3 is 2.68 bits per heavy atom. The van der Waals surface area contributed by atoms with Crippen LogP contribution in [0.2, 0.25) is 0 Å². The summed E-state index contributed by atoms with van der Waals surface area (Å²) in [4.78, 5) is 3.92. The lowest BCUT2D eigenvalue weighted by Crippen LogP contribution is -2.35. The Hall–Kier alpha value is -1.00. The number of rotatable bonds is 5. The molecule has 1 aliphatic carbocycles.